The number of benzene rings is 2. The molecule has 0 radical (unpaired) electrons. The Morgan fingerprint density at radius 1 is 1.09 bits per heavy atom. The molecular formula is C23H27N3O7S. The van der Waals surface area contributed by atoms with Gasteiger partial charge in [0.25, 0.3) is 15.9 Å². The summed E-state index contributed by atoms with van der Waals surface area (Å²) in [5.74, 6) is -1.73. The fourth-order valence-electron chi connectivity index (χ4n) is 3.44. The van der Waals surface area contributed by atoms with Crippen LogP contribution in [-0.2, 0) is 26.0 Å². The SMILES string of the molecule is COc1ccc(S(=O)(=O)N2CCc3ccccc32)cc1C(=O)OCC(=O)NC(=O)NC(C)(C)C. The first-order valence-corrected chi connectivity index (χ1v) is 11.9. The molecule has 0 saturated heterocycles. The van der Waals surface area contributed by atoms with Crippen molar-refractivity contribution in [1.29, 1.82) is 0 Å². The summed E-state index contributed by atoms with van der Waals surface area (Å²) in [7, 11) is -2.64. The smallest absolute Gasteiger partial charge is 0.342 e. The van der Waals surface area contributed by atoms with E-state index in [1.54, 1.807) is 32.9 Å². The van der Waals surface area contributed by atoms with Crippen LogP contribution in [0.15, 0.2) is 47.4 Å². The molecule has 0 saturated carbocycles. The highest BCUT2D eigenvalue weighted by Gasteiger charge is 2.32. The van der Waals surface area contributed by atoms with Crippen LogP contribution in [0.5, 0.6) is 5.75 Å². The number of para-hydroxylation sites is 1. The summed E-state index contributed by atoms with van der Waals surface area (Å²) < 4.78 is 38.0. The van der Waals surface area contributed by atoms with Crippen molar-refractivity contribution in [3.8, 4) is 5.75 Å². The summed E-state index contributed by atoms with van der Waals surface area (Å²) >= 11 is 0. The molecule has 0 fully saturated rings. The number of carbonyl (C=O) groups is 3. The quantitative estimate of drug-likeness (QED) is 0.595. The number of urea groups is 1. The number of esters is 1. The highest BCUT2D eigenvalue weighted by atomic mass is 32.2. The lowest BCUT2D eigenvalue weighted by Crippen LogP contribution is -2.49. The molecule has 3 amide bonds. The van der Waals surface area contributed by atoms with Gasteiger partial charge in [-0.05, 0) is 57.0 Å². The maximum Gasteiger partial charge on any atom is 0.342 e. The number of hydrogen-bond acceptors (Lipinski definition) is 7. The zero-order chi connectivity index (χ0) is 25.1. The summed E-state index contributed by atoms with van der Waals surface area (Å²) in [5, 5.41) is 4.60. The molecule has 1 heterocycles. The normalized spacial score (nSPS) is 13.1. The van der Waals surface area contributed by atoms with Gasteiger partial charge in [-0.15, -0.1) is 0 Å². The lowest BCUT2D eigenvalue weighted by atomic mass is 10.1. The van der Waals surface area contributed by atoms with E-state index < -0.39 is 40.1 Å². The van der Waals surface area contributed by atoms with Crippen LogP contribution in [0.2, 0.25) is 0 Å². The molecule has 11 heteroatoms. The Balaban J connectivity index is 1.76. The number of imide groups is 1. The molecular weight excluding hydrogens is 462 g/mol. The van der Waals surface area contributed by atoms with Crippen molar-refractivity contribution in [2.24, 2.45) is 0 Å². The van der Waals surface area contributed by atoms with Crippen molar-refractivity contribution in [1.82, 2.24) is 10.6 Å². The summed E-state index contributed by atoms with van der Waals surface area (Å²) in [5.41, 5.74) is 0.785. The monoisotopic (exact) mass is 489 g/mol. The molecule has 2 aromatic rings. The maximum absolute atomic E-state index is 13.3. The Morgan fingerprint density at radius 2 is 1.79 bits per heavy atom. The van der Waals surface area contributed by atoms with Gasteiger partial charge in [-0.2, -0.15) is 0 Å². The second kappa shape index (κ2) is 9.72. The third-order valence-corrected chi connectivity index (χ3v) is 6.71. The number of nitrogens with zero attached hydrogens (tertiary/aromatic N) is 1. The van der Waals surface area contributed by atoms with Gasteiger partial charge in [-0.3, -0.25) is 14.4 Å². The summed E-state index contributed by atoms with van der Waals surface area (Å²) in [6.07, 6.45) is 0.582. The van der Waals surface area contributed by atoms with E-state index in [-0.39, 0.29) is 22.8 Å². The van der Waals surface area contributed by atoms with Crippen LogP contribution >= 0.6 is 0 Å². The lowest BCUT2D eigenvalue weighted by molar-refractivity contribution is -0.123. The van der Waals surface area contributed by atoms with Gasteiger partial charge in [0, 0.05) is 12.1 Å². The molecule has 3 rings (SSSR count). The van der Waals surface area contributed by atoms with Crippen LogP contribution in [0.3, 0.4) is 0 Å². The number of amides is 3. The predicted molar refractivity (Wildman–Crippen MR) is 124 cm³/mol. The van der Waals surface area contributed by atoms with Gasteiger partial charge >= 0.3 is 12.0 Å². The fourth-order valence-corrected chi connectivity index (χ4v) is 4.97. The molecule has 1 aliphatic rings. The molecule has 10 nitrogen and oxygen atoms in total. The minimum Gasteiger partial charge on any atom is -0.496 e. The van der Waals surface area contributed by atoms with Crippen molar-refractivity contribution in [3.63, 3.8) is 0 Å². The van der Waals surface area contributed by atoms with Crippen molar-refractivity contribution < 1.29 is 32.3 Å². The number of sulfonamides is 1. The molecule has 34 heavy (non-hydrogen) atoms. The van der Waals surface area contributed by atoms with E-state index in [4.69, 9.17) is 9.47 Å². The highest BCUT2D eigenvalue weighted by Crippen LogP contribution is 2.34. The van der Waals surface area contributed by atoms with Gasteiger partial charge in [0.2, 0.25) is 0 Å². The molecule has 0 spiro atoms. The van der Waals surface area contributed by atoms with E-state index in [0.717, 1.165) is 11.6 Å². The molecule has 0 bridgehead atoms. The molecule has 0 unspecified atom stereocenters. The fraction of sp³-hybridized carbons (Fsp3) is 0.348. The largest absolute Gasteiger partial charge is 0.496 e. The Morgan fingerprint density at radius 3 is 2.47 bits per heavy atom. The van der Waals surface area contributed by atoms with E-state index >= 15 is 0 Å². The predicted octanol–water partition coefficient (Wildman–Crippen LogP) is 2.23. The Bertz CT molecular complexity index is 1220. The zero-order valence-electron chi connectivity index (χ0n) is 19.4. The second-order valence-electron chi connectivity index (χ2n) is 8.65. The lowest BCUT2D eigenvalue weighted by Gasteiger charge is -2.20. The Hall–Kier alpha value is -3.60. The average Bonchev–Trinajstić information content (AvgIpc) is 3.20. The number of ether oxygens (including phenoxy) is 2. The molecule has 2 N–H and O–H groups in total. The van der Waals surface area contributed by atoms with Crippen LogP contribution in [0, 0.1) is 0 Å². The van der Waals surface area contributed by atoms with Crippen LogP contribution < -0.4 is 19.7 Å². The van der Waals surface area contributed by atoms with Crippen molar-refractivity contribution in [3.05, 3.63) is 53.6 Å². The van der Waals surface area contributed by atoms with Crippen molar-refractivity contribution in [2.45, 2.75) is 37.6 Å². The molecule has 0 aromatic heterocycles. The van der Waals surface area contributed by atoms with Crippen molar-refractivity contribution >= 4 is 33.6 Å². The standard InChI is InChI=1S/C23H27N3O7S/c1-23(2,3)25-22(29)24-20(27)14-33-21(28)17-13-16(9-10-19(17)32-4)34(30,31)26-12-11-15-7-5-6-8-18(15)26/h5-10,13H,11-12,14H2,1-4H3,(H2,24,25,27,29). The van der Waals surface area contributed by atoms with Gasteiger partial charge in [-0.1, -0.05) is 18.2 Å². The van der Waals surface area contributed by atoms with Crippen molar-refractivity contribution in [2.75, 3.05) is 24.6 Å². The van der Waals surface area contributed by atoms with Crippen LogP contribution in [0.1, 0.15) is 36.7 Å². The summed E-state index contributed by atoms with van der Waals surface area (Å²) in [4.78, 5) is 36.3. The number of fused-ring (bicyclic) bond motifs is 1. The minimum atomic E-state index is -3.96. The number of methoxy groups -OCH3 is 1. The number of anilines is 1. The van der Waals surface area contributed by atoms with Gasteiger partial charge in [0.05, 0.1) is 17.7 Å². The highest BCUT2D eigenvalue weighted by molar-refractivity contribution is 7.92. The molecule has 2 aromatic carbocycles. The van der Waals surface area contributed by atoms with E-state index in [1.165, 1.54) is 23.5 Å². The van der Waals surface area contributed by atoms with Gasteiger partial charge in [-0.25, -0.2) is 18.0 Å². The molecule has 182 valence electrons. The third kappa shape index (κ3) is 5.66. The third-order valence-electron chi connectivity index (χ3n) is 4.90. The maximum atomic E-state index is 13.3. The van der Waals surface area contributed by atoms with Gasteiger partial charge < -0.3 is 14.8 Å². The number of nitrogens with one attached hydrogen (secondary N) is 2. The number of carbonyl (C=O) groups excluding carboxylic acids is 3. The van der Waals surface area contributed by atoms with E-state index in [0.29, 0.717) is 12.1 Å². The second-order valence-corrected chi connectivity index (χ2v) is 10.5. The van der Waals surface area contributed by atoms with Gasteiger partial charge in [0.1, 0.15) is 11.3 Å². The first kappa shape index (κ1) is 25.0. The first-order chi connectivity index (χ1) is 15.9. The first-order valence-electron chi connectivity index (χ1n) is 10.5. The van der Waals surface area contributed by atoms with E-state index in [2.05, 4.69) is 10.6 Å². The molecule has 0 aliphatic carbocycles. The molecule has 1 aliphatic heterocycles. The Labute approximate surface area is 198 Å². The van der Waals surface area contributed by atoms with Gasteiger partial charge in [0.15, 0.2) is 6.61 Å². The number of hydrogen-bond donors (Lipinski definition) is 2. The Kier molecular flexibility index (Phi) is 7.15. The molecule has 0 atom stereocenters. The van der Waals surface area contributed by atoms with E-state index in [1.807, 2.05) is 12.1 Å². The van der Waals surface area contributed by atoms with E-state index in [9.17, 15) is 22.8 Å². The van der Waals surface area contributed by atoms with Crippen LogP contribution in [-0.4, -0.2) is 52.1 Å². The number of rotatable bonds is 6. The van der Waals surface area contributed by atoms with Crippen LogP contribution in [0.25, 0.3) is 0 Å². The zero-order valence-corrected chi connectivity index (χ0v) is 20.2. The topological polar surface area (TPSA) is 131 Å². The summed E-state index contributed by atoms with van der Waals surface area (Å²) in [6.45, 7) is 4.77. The minimum absolute atomic E-state index is 0.0802. The average molecular weight is 490 g/mol. The summed E-state index contributed by atoms with van der Waals surface area (Å²) in [6, 6.07) is 10.3. The van der Waals surface area contributed by atoms with Crippen LogP contribution in [0.4, 0.5) is 10.5 Å².